The number of hydrogen-bond acceptors (Lipinski definition) is 3. The molecule has 0 aliphatic carbocycles. The molecule has 0 saturated carbocycles. The highest BCUT2D eigenvalue weighted by Gasteiger charge is 2.21. The van der Waals surface area contributed by atoms with Crippen LogP contribution in [0.25, 0.3) is 0 Å². The fourth-order valence-electron chi connectivity index (χ4n) is 1.45. The maximum absolute atomic E-state index is 11.7. The van der Waals surface area contributed by atoms with Crippen LogP contribution >= 0.6 is 0 Å². The van der Waals surface area contributed by atoms with Gasteiger partial charge in [0.05, 0.1) is 12.6 Å². The molecular weight excluding hydrogens is 230 g/mol. The van der Waals surface area contributed by atoms with Gasteiger partial charge in [0, 0.05) is 7.05 Å². The largest absolute Gasteiger partial charge is 0.444 e. The van der Waals surface area contributed by atoms with E-state index >= 15 is 0 Å². The number of aliphatic hydroxyl groups is 1. The first-order valence-corrected chi connectivity index (χ1v) is 5.97. The van der Waals surface area contributed by atoms with Crippen LogP contribution in [0.3, 0.4) is 0 Å². The number of likely N-dealkylation sites (N-methyl/N-ethyl adjacent to an activating group) is 1. The molecule has 4 nitrogen and oxygen atoms in total. The molecule has 0 saturated heterocycles. The van der Waals surface area contributed by atoms with Gasteiger partial charge in [0.2, 0.25) is 0 Å². The summed E-state index contributed by atoms with van der Waals surface area (Å²) >= 11 is 0. The molecule has 1 rings (SSSR count). The Morgan fingerprint density at radius 2 is 1.89 bits per heavy atom. The van der Waals surface area contributed by atoms with Gasteiger partial charge in [-0.3, -0.25) is 0 Å². The second kappa shape index (κ2) is 5.87. The summed E-state index contributed by atoms with van der Waals surface area (Å²) < 4.78 is 5.21. The Kier molecular flexibility index (Phi) is 4.73. The molecule has 18 heavy (non-hydrogen) atoms. The molecule has 0 spiro atoms. The summed E-state index contributed by atoms with van der Waals surface area (Å²) in [7, 11) is 1.61. The van der Waals surface area contributed by atoms with Gasteiger partial charge in [0.15, 0.2) is 0 Å². The average molecular weight is 251 g/mol. The molecule has 4 heteroatoms. The summed E-state index contributed by atoms with van der Waals surface area (Å²) in [6, 6.07) is 9.24. The Morgan fingerprint density at radius 3 is 2.39 bits per heavy atom. The van der Waals surface area contributed by atoms with Gasteiger partial charge in [-0.05, 0) is 26.3 Å². The van der Waals surface area contributed by atoms with Crippen LogP contribution in [0, 0.1) is 0 Å². The summed E-state index contributed by atoms with van der Waals surface area (Å²) in [6.07, 6.45) is -1.14. The van der Waals surface area contributed by atoms with E-state index in [0.29, 0.717) is 0 Å². The first-order chi connectivity index (χ1) is 8.29. The number of rotatable bonds is 3. The SMILES string of the molecule is CN(C[C@@H](O)c1ccccc1)C(=O)OC(C)(C)C. The third kappa shape index (κ3) is 4.75. The second-order valence-electron chi connectivity index (χ2n) is 5.29. The molecule has 1 aromatic carbocycles. The monoisotopic (exact) mass is 251 g/mol. The third-order valence-electron chi connectivity index (χ3n) is 2.34. The van der Waals surface area contributed by atoms with E-state index in [1.807, 2.05) is 51.1 Å². The van der Waals surface area contributed by atoms with Crippen molar-refractivity contribution in [2.75, 3.05) is 13.6 Å². The van der Waals surface area contributed by atoms with Crippen molar-refractivity contribution >= 4 is 6.09 Å². The Bertz CT molecular complexity index is 384. The lowest BCUT2D eigenvalue weighted by Crippen LogP contribution is -2.36. The van der Waals surface area contributed by atoms with E-state index in [-0.39, 0.29) is 6.54 Å². The van der Waals surface area contributed by atoms with Gasteiger partial charge < -0.3 is 14.7 Å². The lowest BCUT2D eigenvalue weighted by Gasteiger charge is -2.26. The lowest BCUT2D eigenvalue weighted by atomic mass is 10.1. The van der Waals surface area contributed by atoms with Crippen molar-refractivity contribution in [2.24, 2.45) is 0 Å². The Hall–Kier alpha value is -1.55. The highest BCUT2D eigenvalue weighted by Crippen LogP contribution is 2.15. The van der Waals surface area contributed by atoms with Gasteiger partial charge in [-0.1, -0.05) is 30.3 Å². The third-order valence-corrected chi connectivity index (χ3v) is 2.34. The summed E-state index contributed by atoms with van der Waals surface area (Å²) in [5.74, 6) is 0. The van der Waals surface area contributed by atoms with E-state index in [1.165, 1.54) is 4.90 Å². The number of carbonyl (C=O) groups is 1. The van der Waals surface area contributed by atoms with Gasteiger partial charge in [0.25, 0.3) is 0 Å². The number of hydrogen-bond donors (Lipinski definition) is 1. The fraction of sp³-hybridized carbons (Fsp3) is 0.500. The second-order valence-corrected chi connectivity index (χ2v) is 5.29. The Labute approximate surface area is 108 Å². The number of carbonyl (C=O) groups excluding carboxylic acids is 1. The molecule has 0 heterocycles. The smallest absolute Gasteiger partial charge is 0.410 e. The summed E-state index contributed by atoms with van der Waals surface area (Å²) in [6.45, 7) is 5.64. The predicted octanol–water partition coefficient (Wildman–Crippen LogP) is 2.59. The van der Waals surface area contributed by atoms with E-state index in [9.17, 15) is 9.90 Å². The van der Waals surface area contributed by atoms with Crippen molar-refractivity contribution in [1.82, 2.24) is 4.90 Å². The van der Waals surface area contributed by atoms with Gasteiger partial charge >= 0.3 is 6.09 Å². The average Bonchev–Trinajstić information content (AvgIpc) is 2.27. The predicted molar refractivity (Wildman–Crippen MR) is 70.3 cm³/mol. The van der Waals surface area contributed by atoms with Crippen LogP contribution in [0.1, 0.15) is 32.4 Å². The highest BCUT2D eigenvalue weighted by molar-refractivity contribution is 5.67. The summed E-state index contributed by atoms with van der Waals surface area (Å²) in [5, 5.41) is 9.99. The van der Waals surface area contributed by atoms with Crippen LogP contribution in [0.15, 0.2) is 30.3 Å². The standard InChI is InChI=1S/C14H21NO3/c1-14(2,3)18-13(17)15(4)10-12(16)11-8-6-5-7-9-11/h5-9,12,16H,10H2,1-4H3/t12-/m1/s1. The van der Waals surface area contributed by atoms with E-state index < -0.39 is 17.8 Å². The number of ether oxygens (including phenoxy) is 1. The van der Waals surface area contributed by atoms with Crippen molar-refractivity contribution in [2.45, 2.75) is 32.5 Å². The maximum Gasteiger partial charge on any atom is 0.410 e. The van der Waals surface area contributed by atoms with Crippen LogP contribution in [-0.2, 0) is 4.74 Å². The van der Waals surface area contributed by atoms with Crippen LogP contribution in [0.5, 0.6) is 0 Å². The van der Waals surface area contributed by atoms with Crippen molar-refractivity contribution in [1.29, 1.82) is 0 Å². The van der Waals surface area contributed by atoms with Crippen molar-refractivity contribution in [3.63, 3.8) is 0 Å². The summed E-state index contributed by atoms with van der Waals surface area (Å²) in [4.78, 5) is 13.1. The molecule has 0 aliphatic heterocycles. The molecule has 1 aromatic rings. The van der Waals surface area contributed by atoms with Crippen LogP contribution in [0.4, 0.5) is 4.79 Å². The first-order valence-electron chi connectivity index (χ1n) is 5.97. The minimum atomic E-state index is -0.705. The molecule has 100 valence electrons. The van der Waals surface area contributed by atoms with Crippen molar-refractivity contribution in [3.8, 4) is 0 Å². The normalized spacial score (nSPS) is 12.9. The van der Waals surface area contributed by atoms with Crippen molar-refractivity contribution in [3.05, 3.63) is 35.9 Å². The first kappa shape index (κ1) is 14.5. The molecule has 1 N–H and O–H groups in total. The molecule has 1 amide bonds. The topological polar surface area (TPSA) is 49.8 Å². The number of nitrogens with zero attached hydrogens (tertiary/aromatic N) is 1. The Morgan fingerprint density at radius 1 is 1.33 bits per heavy atom. The molecule has 1 atom stereocenters. The zero-order chi connectivity index (χ0) is 13.8. The van der Waals surface area contributed by atoms with Gasteiger partial charge in [0.1, 0.15) is 5.60 Å². The Balaban J connectivity index is 2.55. The van der Waals surface area contributed by atoms with E-state index in [0.717, 1.165) is 5.56 Å². The number of benzene rings is 1. The van der Waals surface area contributed by atoms with Gasteiger partial charge in [-0.2, -0.15) is 0 Å². The summed E-state index contributed by atoms with van der Waals surface area (Å²) in [5.41, 5.74) is 0.260. The van der Waals surface area contributed by atoms with Crippen LogP contribution in [-0.4, -0.2) is 35.3 Å². The molecule has 0 unspecified atom stereocenters. The zero-order valence-corrected chi connectivity index (χ0v) is 11.4. The lowest BCUT2D eigenvalue weighted by molar-refractivity contribution is 0.0205. The minimum absolute atomic E-state index is 0.207. The van der Waals surface area contributed by atoms with Gasteiger partial charge in [-0.15, -0.1) is 0 Å². The molecule has 0 bridgehead atoms. The highest BCUT2D eigenvalue weighted by atomic mass is 16.6. The van der Waals surface area contributed by atoms with E-state index in [4.69, 9.17) is 4.74 Å². The fourth-order valence-corrected chi connectivity index (χ4v) is 1.45. The molecule has 0 aliphatic rings. The van der Waals surface area contributed by atoms with Crippen LogP contribution in [0.2, 0.25) is 0 Å². The number of aliphatic hydroxyl groups excluding tert-OH is 1. The van der Waals surface area contributed by atoms with Crippen LogP contribution < -0.4 is 0 Å². The quantitative estimate of drug-likeness (QED) is 0.898. The van der Waals surface area contributed by atoms with E-state index in [2.05, 4.69) is 0 Å². The van der Waals surface area contributed by atoms with Gasteiger partial charge in [-0.25, -0.2) is 4.79 Å². The molecular formula is C14H21NO3. The maximum atomic E-state index is 11.7. The minimum Gasteiger partial charge on any atom is -0.444 e. The molecule has 0 aromatic heterocycles. The zero-order valence-electron chi connectivity index (χ0n) is 11.4. The number of amides is 1. The van der Waals surface area contributed by atoms with E-state index in [1.54, 1.807) is 7.05 Å². The molecule has 0 radical (unpaired) electrons. The van der Waals surface area contributed by atoms with Crippen molar-refractivity contribution < 1.29 is 14.6 Å². The molecule has 0 fully saturated rings.